The molecule has 0 amide bonds. The Bertz CT molecular complexity index is 584. The molecule has 2 aromatic carbocycles. The molecule has 102 valence electrons. The van der Waals surface area contributed by atoms with Crippen molar-refractivity contribution in [3.63, 3.8) is 0 Å². The van der Waals surface area contributed by atoms with Gasteiger partial charge in [0.25, 0.3) is 0 Å². The van der Waals surface area contributed by atoms with Crippen molar-refractivity contribution in [2.45, 2.75) is 13.8 Å². The number of hydrogen-bond acceptors (Lipinski definition) is 1. The van der Waals surface area contributed by atoms with Crippen LogP contribution in [0, 0.1) is 5.92 Å². The number of ether oxygens (including phenoxy) is 1. The van der Waals surface area contributed by atoms with Crippen LogP contribution in [0.4, 0.5) is 12.9 Å². The molecule has 0 radical (unpaired) electrons. The van der Waals surface area contributed by atoms with E-state index in [1.807, 2.05) is 13.8 Å². The monoisotopic (exact) mass is 306 g/mol. The van der Waals surface area contributed by atoms with Crippen LogP contribution in [0.2, 0.25) is 0 Å². The average Bonchev–Trinajstić information content (AvgIpc) is 2.34. The Hall–Kier alpha value is -0.00870. The van der Waals surface area contributed by atoms with Crippen molar-refractivity contribution in [1.82, 2.24) is 0 Å². The third-order valence-corrected chi connectivity index (χ3v) is 2.83. The van der Waals surface area contributed by atoms with Gasteiger partial charge < -0.3 is 17.7 Å². The van der Waals surface area contributed by atoms with E-state index in [1.165, 1.54) is 12.1 Å². The average molecular weight is 306 g/mol. The smallest absolute Gasteiger partial charge is 0.496 e. The summed E-state index contributed by atoms with van der Waals surface area (Å²) in [5.41, 5.74) is -0.626. The predicted molar refractivity (Wildman–Crippen MR) is 73.0 cm³/mol. The minimum Gasteiger partial charge on any atom is -0.496 e. The SMILES string of the molecule is CC(C)COc1ccc2ccccc2c1[B-](F)(F)F.[K+]. The first-order chi connectivity index (χ1) is 8.89. The second-order valence-corrected chi connectivity index (χ2v) is 4.98. The van der Waals surface area contributed by atoms with E-state index in [0.29, 0.717) is 5.39 Å². The van der Waals surface area contributed by atoms with E-state index < -0.39 is 12.4 Å². The molecule has 0 aliphatic carbocycles. The van der Waals surface area contributed by atoms with Gasteiger partial charge in [0.1, 0.15) is 0 Å². The van der Waals surface area contributed by atoms with Crippen molar-refractivity contribution >= 4 is 23.2 Å². The maximum atomic E-state index is 13.3. The van der Waals surface area contributed by atoms with Gasteiger partial charge in [0.05, 0.1) is 12.4 Å². The normalized spacial score (nSPS) is 11.5. The van der Waals surface area contributed by atoms with Crippen molar-refractivity contribution in [3.05, 3.63) is 36.4 Å². The Morgan fingerprint density at radius 2 is 1.70 bits per heavy atom. The summed E-state index contributed by atoms with van der Waals surface area (Å²) in [5, 5.41) is 0.782. The number of benzene rings is 2. The fourth-order valence-corrected chi connectivity index (χ4v) is 2.00. The zero-order chi connectivity index (χ0) is 14.0. The molecule has 2 rings (SSSR count). The fraction of sp³-hybridized carbons (Fsp3) is 0.286. The summed E-state index contributed by atoms with van der Waals surface area (Å²) in [5.74, 6) is 0.111. The van der Waals surface area contributed by atoms with Crippen LogP contribution in [0.3, 0.4) is 0 Å². The number of fused-ring (bicyclic) bond motifs is 1. The van der Waals surface area contributed by atoms with E-state index in [2.05, 4.69) is 0 Å². The molecule has 0 N–H and O–H groups in total. The van der Waals surface area contributed by atoms with Gasteiger partial charge in [-0.2, -0.15) is 0 Å². The molecule has 6 heteroatoms. The minimum absolute atomic E-state index is 0. The fourth-order valence-electron chi connectivity index (χ4n) is 2.00. The quantitative estimate of drug-likeness (QED) is 0.764. The van der Waals surface area contributed by atoms with E-state index in [4.69, 9.17) is 4.74 Å². The second-order valence-electron chi connectivity index (χ2n) is 4.98. The Balaban J connectivity index is 0.00000200. The zero-order valence-corrected chi connectivity index (χ0v) is 15.0. The topological polar surface area (TPSA) is 9.23 Å². The van der Waals surface area contributed by atoms with E-state index in [0.717, 1.165) is 0 Å². The Labute approximate surface area is 159 Å². The molecule has 0 saturated heterocycles. The molecule has 0 aliphatic rings. The standard InChI is InChI=1S/C14H15BF3O.K/c1-10(2)9-19-13-8-7-11-5-3-4-6-12(11)14(13)15(16,17)18;/h3-8,10H,9H2,1-2H3;/q-1;+1. The van der Waals surface area contributed by atoms with Gasteiger partial charge in [0.15, 0.2) is 0 Å². The third-order valence-electron chi connectivity index (χ3n) is 2.83. The van der Waals surface area contributed by atoms with Crippen molar-refractivity contribution < 1.29 is 69.1 Å². The van der Waals surface area contributed by atoms with Gasteiger partial charge in [0, 0.05) is 0 Å². The molecule has 2 aromatic rings. The van der Waals surface area contributed by atoms with Crippen LogP contribution in [-0.4, -0.2) is 13.6 Å². The van der Waals surface area contributed by atoms with Crippen LogP contribution < -0.4 is 61.6 Å². The number of hydrogen-bond donors (Lipinski definition) is 0. The molecule has 0 heterocycles. The van der Waals surface area contributed by atoms with Gasteiger partial charge in [-0.1, -0.05) is 49.6 Å². The van der Waals surface area contributed by atoms with Crippen molar-refractivity contribution in [2.75, 3.05) is 6.61 Å². The van der Waals surface area contributed by atoms with Crippen molar-refractivity contribution in [3.8, 4) is 5.75 Å². The summed E-state index contributed by atoms with van der Waals surface area (Å²) in [6.07, 6.45) is 0. The third kappa shape index (κ3) is 4.24. The maximum Gasteiger partial charge on any atom is 1.00 e. The molecule has 0 bridgehead atoms. The predicted octanol–water partition coefficient (Wildman–Crippen LogP) is 0.933. The summed E-state index contributed by atoms with van der Waals surface area (Å²) in [7, 11) is 0. The van der Waals surface area contributed by atoms with Crippen LogP contribution in [0.5, 0.6) is 5.75 Å². The van der Waals surface area contributed by atoms with Crippen molar-refractivity contribution in [1.29, 1.82) is 0 Å². The molecular formula is C14H15BF3KO. The van der Waals surface area contributed by atoms with Crippen LogP contribution in [0.25, 0.3) is 10.8 Å². The van der Waals surface area contributed by atoms with Crippen molar-refractivity contribution in [2.24, 2.45) is 5.92 Å². The first-order valence-corrected chi connectivity index (χ1v) is 6.24. The van der Waals surface area contributed by atoms with Crippen LogP contribution in [0.15, 0.2) is 36.4 Å². The van der Waals surface area contributed by atoms with Crippen LogP contribution in [-0.2, 0) is 0 Å². The van der Waals surface area contributed by atoms with E-state index in [-0.39, 0.29) is 75.0 Å². The van der Waals surface area contributed by atoms with Crippen LogP contribution >= 0.6 is 0 Å². The van der Waals surface area contributed by atoms with E-state index in [1.54, 1.807) is 24.3 Å². The molecule has 0 unspecified atom stereocenters. The zero-order valence-electron chi connectivity index (χ0n) is 11.9. The van der Waals surface area contributed by atoms with Gasteiger partial charge >= 0.3 is 58.4 Å². The van der Waals surface area contributed by atoms with E-state index in [9.17, 15) is 12.9 Å². The van der Waals surface area contributed by atoms with Gasteiger partial charge in [0.2, 0.25) is 0 Å². The van der Waals surface area contributed by atoms with Crippen LogP contribution in [0.1, 0.15) is 13.8 Å². The molecule has 20 heavy (non-hydrogen) atoms. The molecule has 0 atom stereocenters. The molecule has 0 fully saturated rings. The summed E-state index contributed by atoms with van der Waals surface area (Å²) in [6, 6.07) is 9.57. The molecule has 0 aliphatic heterocycles. The molecule has 0 saturated carbocycles. The Kier molecular flexibility index (Phi) is 6.60. The molecule has 1 nitrogen and oxygen atoms in total. The Morgan fingerprint density at radius 3 is 2.30 bits per heavy atom. The first kappa shape index (κ1) is 18.0. The van der Waals surface area contributed by atoms with Gasteiger partial charge in [-0.15, -0.1) is 0 Å². The van der Waals surface area contributed by atoms with Gasteiger partial charge in [-0.3, -0.25) is 0 Å². The first-order valence-electron chi connectivity index (χ1n) is 6.24. The van der Waals surface area contributed by atoms with Gasteiger partial charge in [-0.05, 0) is 22.8 Å². The molecule has 0 aromatic heterocycles. The summed E-state index contributed by atoms with van der Waals surface area (Å²) in [6.45, 7) is -1.03. The van der Waals surface area contributed by atoms with Gasteiger partial charge in [-0.25, -0.2) is 0 Å². The largest absolute Gasteiger partial charge is 1.00 e. The number of halogens is 3. The summed E-state index contributed by atoms with van der Waals surface area (Å²) < 4.78 is 45.2. The maximum absolute atomic E-state index is 13.3. The summed E-state index contributed by atoms with van der Waals surface area (Å²) >= 11 is 0. The Morgan fingerprint density at radius 1 is 1.05 bits per heavy atom. The number of rotatable bonds is 4. The van der Waals surface area contributed by atoms with E-state index >= 15 is 0 Å². The minimum atomic E-state index is -5.11. The second kappa shape index (κ2) is 7.31. The molecular weight excluding hydrogens is 291 g/mol. The molecule has 0 spiro atoms. The summed E-state index contributed by atoms with van der Waals surface area (Å²) in [4.78, 5) is 0.